The van der Waals surface area contributed by atoms with E-state index in [0.29, 0.717) is 6.54 Å². The minimum absolute atomic E-state index is 0.232. The molecular weight excluding hydrogens is 291 g/mol. The number of sulfonamides is 1. The molecule has 6 heteroatoms. The van der Waals surface area contributed by atoms with E-state index in [9.17, 15) is 12.8 Å². The summed E-state index contributed by atoms with van der Waals surface area (Å²) in [6, 6.07) is 11.6. The molecule has 0 saturated heterocycles. The molecule has 2 aromatic rings. The largest absolute Gasteiger partial charge is 0.382 e. The van der Waals surface area contributed by atoms with Gasteiger partial charge in [0.1, 0.15) is 5.82 Å². The van der Waals surface area contributed by atoms with Crippen molar-refractivity contribution in [2.24, 2.45) is 5.14 Å². The topological polar surface area (TPSA) is 72.2 Å². The van der Waals surface area contributed by atoms with Crippen LogP contribution in [-0.2, 0) is 16.4 Å². The van der Waals surface area contributed by atoms with Crippen molar-refractivity contribution in [3.63, 3.8) is 0 Å². The van der Waals surface area contributed by atoms with Gasteiger partial charge in [-0.05, 0) is 42.7 Å². The lowest BCUT2D eigenvalue weighted by Gasteiger charge is -2.10. The molecule has 0 saturated carbocycles. The lowest BCUT2D eigenvalue weighted by Crippen LogP contribution is -2.13. The normalized spacial score (nSPS) is 11.4. The fourth-order valence-electron chi connectivity index (χ4n) is 2.04. The number of hydrogen-bond donors (Lipinski definition) is 2. The first-order valence-electron chi connectivity index (χ1n) is 6.48. The summed E-state index contributed by atoms with van der Waals surface area (Å²) >= 11 is 0. The van der Waals surface area contributed by atoms with Crippen LogP contribution in [0.5, 0.6) is 0 Å². The quantitative estimate of drug-likeness (QED) is 0.891. The van der Waals surface area contributed by atoms with E-state index in [0.717, 1.165) is 12.5 Å². The van der Waals surface area contributed by atoms with Crippen molar-refractivity contribution in [1.82, 2.24) is 0 Å². The zero-order valence-corrected chi connectivity index (χ0v) is 12.5. The average Bonchev–Trinajstić information content (AvgIpc) is 2.41. The molecule has 4 nitrogen and oxygen atoms in total. The van der Waals surface area contributed by atoms with Gasteiger partial charge in [-0.1, -0.05) is 24.3 Å². The lowest BCUT2D eigenvalue weighted by molar-refractivity contribution is 0.593. The van der Waals surface area contributed by atoms with Crippen LogP contribution >= 0.6 is 0 Å². The van der Waals surface area contributed by atoms with E-state index in [4.69, 9.17) is 5.14 Å². The summed E-state index contributed by atoms with van der Waals surface area (Å²) in [4.78, 5) is -0.232. The number of hydrogen-bond acceptors (Lipinski definition) is 3. The first-order chi connectivity index (χ1) is 9.88. The van der Waals surface area contributed by atoms with Gasteiger partial charge < -0.3 is 5.32 Å². The van der Waals surface area contributed by atoms with Crippen LogP contribution in [0.2, 0.25) is 0 Å². The summed E-state index contributed by atoms with van der Waals surface area (Å²) in [6.45, 7) is 2.58. The number of nitrogens with one attached hydrogen (secondary N) is 1. The number of primary sulfonamides is 1. The summed E-state index contributed by atoms with van der Waals surface area (Å²) in [5.74, 6) is -0.633. The minimum atomic E-state index is -3.88. The predicted octanol–water partition coefficient (Wildman–Crippen LogP) is 2.44. The SMILES string of the molecule is Cc1ccccc1CCNc1ccc(S(N)(=O)=O)cc1F. The smallest absolute Gasteiger partial charge is 0.238 e. The monoisotopic (exact) mass is 308 g/mol. The Bertz CT molecular complexity index is 745. The van der Waals surface area contributed by atoms with Crippen molar-refractivity contribution in [2.75, 3.05) is 11.9 Å². The molecule has 112 valence electrons. The third-order valence-corrected chi connectivity index (χ3v) is 4.15. The predicted molar refractivity (Wildman–Crippen MR) is 81.1 cm³/mol. The summed E-state index contributed by atoms with van der Waals surface area (Å²) in [5.41, 5.74) is 2.63. The van der Waals surface area contributed by atoms with E-state index in [1.165, 1.54) is 23.3 Å². The van der Waals surface area contributed by atoms with Gasteiger partial charge in [0.25, 0.3) is 0 Å². The third kappa shape index (κ3) is 4.03. The number of rotatable bonds is 5. The molecule has 21 heavy (non-hydrogen) atoms. The van der Waals surface area contributed by atoms with Crippen LogP contribution in [0.25, 0.3) is 0 Å². The van der Waals surface area contributed by atoms with E-state index >= 15 is 0 Å². The molecule has 0 aliphatic carbocycles. The van der Waals surface area contributed by atoms with Gasteiger partial charge in [0.05, 0.1) is 10.6 Å². The summed E-state index contributed by atoms with van der Waals surface area (Å²) in [5, 5.41) is 7.91. The Morgan fingerprint density at radius 3 is 2.52 bits per heavy atom. The molecule has 3 N–H and O–H groups in total. The molecule has 0 aliphatic rings. The van der Waals surface area contributed by atoms with Crippen LogP contribution in [0.3, 0.4) is 0 Å². The maximum atomic E-state index is 13.8. The summed E-state index contributed by atoms with van der Waals surface area (Å²) in [7, 11) is -3.88. The fraction of sp³-hybridized carbons (Fsp3) is 0.200. The van der Waals surface area contributed by atoms with Crippen LogP contribution in [0, 0.1) is 12.7 Å². The van der Waals surface area contributed by atoms with Crippen molar-refractivity contribution in [3.8, 4) is 0 Å². The molecule has 0 fully saturated rings. The molecule has 0 heterocycles. The molecule has 0 aromatic heterocycles. The molecule has 0 unspecified atom stereocenters. The highest BCUT2D eigenvalue weighted by molar-refractivity contribution is 7.89. The highest BCUT2D eigenvalue weighted by Gasteiger charge is 2.11. The van der Waals surface area contributed by atoms with Crippen molar-refractivity contribution in [3.05, 3.63) is 59.4 Å². The maximum Gasteiger partial charge on any atom is 0.238 e. The highest BCUT2D eigenvalue weighted by Crippen LogP contribution is 2.18. The zero-order valence-electron chi connectivity index (χ0n) is 11.6. The van der Waals surface area contributed by atoms with E-state index in [2.05, 4.69) is 5.32 Å². The first-order valence-corrected chi connectivity index (χ1v) is 8.03. The number of halogens is 1. The number of aryl methyl sites for hydroxylation is 1. The van der Waals surface area contributed by atoms with E-state index in [1.807, 2.05) is 31.2 Å². The Morgan fingerprint density at radius 2 is 1.90 bits per heavy atom. The van der Waals surface area contributed by atoms with E-state index in [1.54, 1.807) is 0 Å². The van der Waals surface area contributed by atoms with Crippen LogP contribution in [0.15, 0.2) is 47.4 Å². The van der Waals surface area contributed by atoms with Gasteiger partial charge in [0.15, 0.2) is 0 Å². The van der Waals surface area contributed by atoms with Crippen LogP contribution in [-0.4, -0.2) is 15.0 Å². The standard InChI is InChI=1S/C15H17FN2O2S/c1-11-4-2-3-5-12(11)8-9-18-15-7-6-13(10-14(15)16)21(17,19)20/h2-7,10,18H,8-9H2,1H3,(H2,17,19,20). The second kappa shape index (κ2) is 6.24. The van der Waals surface area contributed by atoms with E-state index in [-0.39, 0.29) is 10.6 Å². The van der Waals surface area contributed by atoms with Gasteiger partial charge in [-0.25, -0.2) is 17.9 Å². The van der Waals surface area contributed by atoms with Crippen molar-refractivity contribution < 1.29 is 12.8 Å². The molecule has 0 spiro atoms. The zero-order chi connectivity index (χ0) is 15.5. The molecule has 0 amide bonds. The van der Waals surface area contributed by atoms with Gasteiger partial charge >= 0.3 is 0 Å². The van der Waals surface area contributed by atoms with Gasteiger partial charge in [-0.3, -0.25) is 0 Å². The van der Waals surface area contributed by atoms with Gasteiger partial charge in [0.2, 0.25) is 10.0 Å². The second-order valence-electron chi connectivity index (χ2n) is 4.79. The Kier molecular flexibility index (Phi) is 4.59. The van der Waals surface area contributed by atoms with Crippen molar-refractivity contribution in [1.29, 1.82) is 0 Å². The molecule has 2 aromatic carbocycles. The summed E-state index contributed by atoms with van der Waals surface area (Å²) in [6.07, 6.45) is 0.753. The maximum absolute atomic E-state index is 13.8. The second-order valence-corrected chi connectivity index (χ2v) is 6.35. The molecular formula is C15H17FN2O2S. The molecule has 0 atom stereocenters. The minimum Gasteiger partial charge on any atom is -0.382 e. The molecule has 2 rings (SSSR count). The Morgan fingerprint density at radius 1 is 1.19 bits per heavy atom. The number of benzene rings is 2. The summed E-state index contributed by atoms with van der Waals surface area (Å²) < 4.78 is 36.1. The van der Waals surface area contributed by atoms with Crippen LogP contribution < -0.4 is 10.5 Å². The van der Waals surface area contributed by atoms with Crippen LogP contribution in [0.1, 0.15) is 11.1 Å². The van der Waals surface area contributed by atoms with Gasteiger partial charge in [-0.15, -0.1) is 0 Å². The molecule has 0 bridgehead atoms. The van der Waals surface area contributed by atoms with Crippen LogP contribution in [0.4, 0.5) is 10.1 Å². The number of nitrogens with two attached hydrogens (primary N) is 1. The fourth-order valence-corrected chi connectivity index (χ4v) is 2.56. The molecule has 0 aliphatic heterocycles. The molecule has 0 radical (unpaired) electrons. The van der Waals surface area contributed by atoms with Crippen molar-refractivity contribution in [2.45, 2.75) is 18.2 Å². The highest BCUT2D eigenvalue weighted by atomic mass is 32.2. The van der Waals surface area contributed by atoms with Gasteiger partial charge in [0, 0.05) is 6.54 Å². The number of anilines is 1. The Balaban J connectivity index is 2.03. The first kappa shape index (κ1) is 15.5. The van der Waals surface area contributed by atoms with Gasteiger partial charge in [-0.2, -0.15) is 0 Å². The third-order valence-electron chi connectivity index (χ3n) is 3.24. The Hall–Kier alpha value is -1.92. The van der Waals surface area contributed by atoms with Crippen molar-refractivity contribution >= 4 is 15.7 Å². The Labute approximate surface area is 123 Å². The average molecular weight is 308 g/mol. The lowest BCUT2D eigenvalue weighted by atomic mass is 10.1. The van der Waals surface area contributed by atoms with E-state index < -0.39 is 15.8 Å².